The zero-order valence-electron chi connectivity index (χ0n) is 14.0. The van der Waals surface area contributed by atoms with Crippen LogP contribution >= 0.6 is 0 Å². The molecule has 1 aliphatic rings. The number of ether oxygens (including phenoxy) is 1. The lowest BCUT2D eigenvalue weighted by Gasteiger charge is -2.21. The summed E-state index contributed by atoms with van der Waals surface area (Å²) in [4.78, 5) is 12.0. The molecule has 1 aromatic carbocycles. The van der Waals surface area contributed by atoms with E-state index in [2.05, 4.69) is 37.4 Å². The van der Waals surface area contributed by atoms with Gasteiger partial charge in [0.15, 0.2) is 0 Å². The first-order valence-corrected chi connectivity index (χ1v) is 8.59. The molecule has 3 nitrogen and oxygen atoms in total. The number of nitrogens with one attached hydrogen (secondary N) is 1. The Hall–Kier alpha value is -1.35. The predicted molar refractivity (Wildman–Crippen MR) is 90.1 cm³/mol. The van der Waals surface area contributed by atoms with Crippen LogP contribution in [0.25, 0.3) is 0 Å². The minimum absolute atomic E-state index is 0.101. The molecule has 2 rings (SSSR count). The van der Waals surface area contributed by atoms with Crippen molar-refractivity contribution in [2.75, 3.05) is 13.2 Å². The second kappa shape index (κ2) is 8.94. The molecule has 0 bridgehead atoms. The Morgan fingerprint density at radius 3 is 2.73 bits per heavy atom. The third-order valence-electron chi connectivity index (χ3n) is 4.40. The first kappa shape index (κ1) is 17.0. The van der Waals surface area contributed by atoms with Gasteiger partial charge >= 0.3 is 0 Å². The Morgan fingerprint density at radius 2 is 2.00 bits per heavy atom. The fraction of sp³-hybridized carbons (Fsp3) is 0.632. The standard InChI is InChI=1S/C19H29NO2/c1-15-9-10-17(16(2)13-15)14-19(21)20-11-6-12-22-18-7-4-3-5-8-18/h9-10,13,18H,3-8,11-12,14H2,1-2H3,(H,20,21). The third kappa shape index (κ3) is 5.80. The fourth-order valence-electron chi connectivity index (χ4n) is 3.06. The molecule has 22 heavy (non-hydrogen) atoms. The van der Waals surface area contributed by atoms with Crippen LogP contribution in [0.4, 0.5) is 0 Å². The maximum atomic E-state index is 12.0. The summed E-state index contributed by atoms with van der Waals surface area (Å²) in [6.45, 7) is 5.60. The van der Waals surface area contributed by atoms with Gasteiger partial charge in [0.2, 0.25) is 5.91 Å². The van der Waals surface area contributed by atoms with Gasteiger partial charge in [-0.25, -0.2) is 0 Å². The minimum atomic E-state index is 0.101. The first-order valence-electron chi connectivity index (χ1n) is 8.59. The van der Waals surface area contributed by atoms with Gasteiger partial charge in [0.25, 0.3) is 0 Å². The zero-order valence-corrected chi connectivity index (χ0v) is 14.0. The van der Waals surface area contributed by atoms with Crippen molar-refractivity contribution in [2.45, 2.75) is 64.9 Å². The molecule has 0 aliphatic heterocycles. The van der Waals surface area contributed by atoms with E-state index in [0.717, 1.165) is 18.6 Å². The number of hydrogen-bond acceptors (Lipinski definition) is 2. The number of aryl methyl sites for hydroxylation is 2. The molecular formula is C19H29NO2. The van der Waals surface area contributed by atoms with Crippen LogP contribution in [0.2, 0.25) is 0 Å². The molecule has 1 N–H and O–H groups in total. The average molecular weight is 303 g/mol. The van der Waals surface area contributed by atoms with Gasteiger partial charge < -0.3 is 10.1 Å². The number of hydrogen-bond donors (Lipinski definition) is 1. The molecular weight excluding hydrogens is 274 g/mol. The molecule has 3 heteroatoms. The minimum Gasteiger partial charge on any atom is -0.378 e. The highest BCUT2D eigenvalue weighted by atomic mass is 16.5. The van der Waals surface area contributed by atoms with E-state index in [0.29, 0.717) is 19.1 Å². The lowest BCUT2D eigenvalue weighted by molar-refractivity contribution is -0.120. The van der Waals surface area contributed by atoms with Crippen LogP contribution in [0.5, 0.6) is 0 Å². The second-order valence-electron chi connectivity index (χ2n) is 6.44. The van der Waals surface area contributed by atoms with Gasteiger partial charge in [-0.2, -0.15) is 0 Å². The van der Waals surface area contributed by atoms with Crippen LogP contribution in [-0.4, -0.2) is 25.2 Å². The largest absolute Gasteiger partial charge is 0.378 e. The smallest absolute Gasteiger partial charge is 0.224 e. The monoisotopic (exact) mass is 303 g/mol. The summed E-state index contributed by atoms with van der Waals surface area (Å²) in [7, 11) is 0. The number of amides is 1. The van der Waals surface area contributed by atoms with E-state index in [4.69, 9.17) is 4.74 Å². The molecule has 0 radical (unpaired) electrons. The molecule has 0 spiro atoms. The summed E-state index contributed by atoms with van der Waals surface area (Å²) in [5.41, 5.74) is 3.54. The van der Waals surface area contributed by atoms with Crippen molar-refractivity contribution < 1.29 is 9.53 Å². The summed E-state index contributed by atoms with van der Waals surface area (Å²) in [5, 5.41) is 2.99. The summed E-state index contributed by atoms with van der Waals surface area (Å²) in [6.07, 6.45) is 8.20. The molecule has 0 atom stereocenters. The Morgan fingerprint density at radius 1 is 1.23 bits per heavy atom. The third-order valence-corrected chi connectivity index (χ3v) is 4.40. The highest BCUT2D eigenvalue weighted by Gasteiger charge is 2.13. The molecule has 1 aliphatic carbocycles. The van der Waals surface area contributed by atoms with Gasteiger partial charge in [-0.05, 0) is 44.2 Å². The summed E-state index contributed by atoms with van der Waals surface area (Å²) >= 11 is 0. The van der Waals surface area contributed by atoms with Gasteiger partial charge in [-0.3, -0.25) is 4.79 Å². The molecule has 1 fully saturated rings. The zero-order chi connectivity index (χ0) is 15.8. The van der Waals surface area contributed by atoms with Crippen LogP contribution < -0.4 is 5.32 Å². The van der Waals surface area contributed by atoms with E-state index < -0.39 is 0 Å². The molecule has 0 unspecified atom stereocenters. The van der Waals surface area contributed by atoms with Gasteiger partial charge in [-0.1, -0.05) is 43.0 Å². The number of rotatable bonds is 7. The summed E-state index contributed by atoms with van der Waals surface area (Å²) < 4.78 is 5.86. The highest BCUT2D eigenvalue weighted by Crippen LogP contribution is 2.20. The van der Waals surface area contributed by atoms with Gasteiger partial charge in [0, 0.05) is 13.2 Å². The summed E-state index contributed by atoms with van der Waals surface area (Å²) in [5.74, 6) is 0.101. The van der Waals surface area contributed by atoms with Gasteiger partial charge in [0.05, 0.1) is 12.5 Å². The Kier molecular flexibility index (Phi) is 6.91. The molecule has 0 saturated heterocycles. The van der Waals surface area contributed by atoms with Crippen molar-refractivity contribution in [3.63, 3.8) is 0 Å². The van der Waals surface area contributed by atoms with E-state index in [1.165, 1.54) is 43.2 Å². The van der Waals surface area contributed by atoms with E-state index in [1.54, 1.807) is 0 Å². The normalized spacial score (nSPS) is 15.7. The number of carbonyl (C=O) groups excluding carboxylic acids is 1. The quantitative estimate of drug-likeness (QED) is 0.780. The summed E-state index contributed by atoms with van der Waals surface area (Å²) in [6, 6.07) is 6.24. The maximum absolute atomic E-state index is 12.0. The van der Waals surface area contributed by atoms with Crippen LogP contribution in [0, 0.1) is 13.8 Å². The topological polar surface area (TPSA) is 38.3 Å². The molecule has 1 amide bonds. The molecule has 1 saturated carbocycles. The van der Waals surface area contributed by atoms with Crippen LogP contribution in [-0.2, 0) is 16.0 Å². The average Bonchev–Trinajstić information content (AvgIpc) is 2.51. The van der Waals surface area contributed by atoms with Crippen molar-refractivity contribution in [3.8, 4) is 0 Å². The molecule has 0 heterocycles. The van der Waals surface area contributed by atoms with Gasteiger partial charge in [-0.15, -0.1) is 0 Å². The lowest BCUT2D eigenvalue weighted by Crippen LogP contribution is -2.27. The molecule has 122 valence electrons. The van der Waals surface area contributed by atoms with E-state index in [1.807, 2.05) is 0 Å². The Labute approximate surface area is 134 Å². The maximum Gasteiger partial charge on any atom is 0.224 e. The SMILES string of the molecule is Cc1ccc(CC(=O)NCCCOC2CCCCC2)c(C)c1. The van der Waals surface area contributed by atoms with Crippen LogP contribution in [0.3, 0.4) is 0 Å². The second-order valence-corrected chi connectivity index (χ2v) is 6.44. The van der Waals surface area contributed by atoms with E-state index in [-0.39, 0.29) is 5.91 Å². The predicted octanol–water partition coefficient (Wildman–Crippen LogP) is 3.70. The molecule has 1 aromatic rings. The van der Waals surface area contributed by atoms with Crippen molar-refractivity contribution in [1.29, 1.82) is 0 Å². The van der Waals surface area contributed by atoms with Crippen LogP contribution in [0.1, 0.15) is 55.2 Å². The Balaban J connectivity index is 1.59. The number of benzene rings is 1. The van der Waals surface area contributed by atoms with Crippen molar-refractivity contribution in [2.24, 2.45) is 0 Å². The number of carbonyl (C=O) groups is 1. The van der Waals surface area contributed by atoms with Gasteiger partial charge in [0.1, 0.15) is 0 Å². The molecule has 0 aromatic heterocycles. The van der Waals surface area contributed by atoms with E-state index >= 15 is 0 Å². The highest BCUT2D eigenvalue weighted by molar-refractivity contribution is 5.78. The Bertz CT molecular complexity index is 478. The van der Waals surface area contributed by atoms with E-state index in [9.17, 15) is 4.79 Å². The van der Waals surface area contributed by atoms with Crippen molar-refractivity contribution >= 4 is 5.91 Å². The van der Waals surface area contributed by atoms with Crippen molar-refractivity contribution in [1.82, 2.24) is 5.32 Å². The van der Waals surface area contributed by atoms with Crippen molar-refractivity contribution in [3.05, 3.63) is 34.9 Å². The fourth-order valence-corrected chi connectivity index (χ4v) is 3.06. The lowest BCUT2D eigenvalue weighted by atomic mass is 9.98. The first-order chi connectivity index (χ1) is 10.6. The van der Waals surface area contributed by atoms with Crippen LogP contribution in [0.15, 0.2) is 18.2 Å².